The van der Waals surface area contributed by atoms with Gasteiger partial charge in [-0.15, -0.1) is 0 Å². The van der Waals surface area contributed by atoms with Crippen molar-refractivity contribution in [2.75, 3.05) is 18.5 Å². The highest BCUT2D eigenvalue weighted by Crippen LogP contribution is 2.34. The Hall–Kier alpha value is -1.28. The molecule has 6 heteroatoms. The molecule has 0 aliphatic carbocycles. The third-order valence-electron chi connectivity index (χ3n) is 2.96. The summed E-state index contributed by atoms with van der Waals surface area (Å²) in [5.74, 6) is 1.08. The van der Waals surface area contributed by atoms with Gasteiger partial charge in [-0.3, -0.25) is 4.79 Å². The lowest BCUT2D eigenvalue weighted by molar-refractivity contribution is 0.102. The van der Waals surface area contributed by atoms with E-state index in [1.807, 2.05) is 38.1 Å². The molecule has 0 saturated heterocycles. The SMILES string of the molecule is CCOc1cc(C(=O)Nc2ccc(Br)cc2)cc(I)c1OCC. The molecule has 1 amide bonds. The van der Waals surface area contributed by atoms with E-state index >= 15 is 0 Å². The largest absolute Gasteiger partial charge is 0.490 e. The lowest BCUT2D eigenvalue weighted by atomic mass is 10.2. The average Bonchev–Trinajstić information content (AvgIpc) is 2.53. The summed E-state index contributed by atoms with van der Waals surface area (Å²) in [7, 11) is 0. The van der Waals surface area contributed by atoms with Crippen LogP contribution < -0.4 is 14.8 Å². The van der Waals surface area contributed by atoms with Gasteiger partial charge in [-0.25, -0.2) is 0 Å². The van der Waals surface area contributed by atoms with E-state index in [1.54, 1.807) is 12.1 Å². The normalized spacial score (nSPS) is 10.3. The van der Waals surface area contributed by atoms with Crippen LogP contribution in [-0.2, 0) is 0 Å². The number of benzene rings is 2. The molecule has 0 saturated carbocycles. The number of hydrogen-bond donors (Lipinski definition) is 1. The second kappa shape index (κ2) is 8.54. The van der Waals surface area contributed by atoms with Crippen molar-refractivity contribution in [1.82, 2.24) is 0 Å². The van der Waals surface area contributed by atoms with E-state index in [2.05, 4.69) is 43.8 Å². The number of rotatable bonds is 6. The van der Waals surface area contributed by atoms with Crippen LogP contribution in [0, 0.1) is 3.57 Å². The smallest absolute Gasteiger partial charge is 0.255 e. The molecule has 1 N–H and O–H groups in total. The second-order valence-corrected chi connectivity index (χ2v) is 6.69. The van der Waals surface area contributed by atoms with Crippen molar-refractivity contribution in [2.45, 2.75) is 13.8 Å². The number of nitrogens with one attached hydrogen (secondary N) is 1. The monoisotopic (exact) mass is 489 g/mol. The molecule has 0 heterocycles. The van der Waals surface area contributed by atoms with Crippen molar-refractivity contribution >= 4 is 50.1 Å². The predicted octanol–water partition coefficient (Wildman–Crippen LogP) is 5.10. The quantitative estimate of drug-likeness (QED) is 0.574. The van der Waals surface area contributed by atoms with Crippen molar-refractivity contribution in [3.05, 3.63) is 50.0 Å². The number of amides is 1. The van der Waals surface area contributed by atoms with Crippen LogP contribution in [0.1, 0.15) is 24.2 Å². The van der Waals surface area contributed by atoms with Crippen LogP contribution in [0.5, 0.6) is 11.5 Å². The Kier molecular flexibility index (Phi) is 6.71. The zero-order valence-corrected chi connectivity index (χ0v) is 16.6. The van der Waals surface area contributed by atoms with Crippen molar-refractivity contribution in [2.24, 2.45) is 0 Å². The molecular formula is C17H17BrINO3. The Bertz CT molecular complexity index is 689. The lowest BCUT2D eigenvalue weighted by Gasteiger charge is -2.14. The Morgan fingerprint density at radius 3 is 2.39 bits per heavy atom. The molecule has 122 valence electrons. The number of anilines is 1. The summed E-state index contributed by atoms with van der Waals surface area (Å²) in [5, 5.41) is 2.87. The van der Waals surface area contributed by atoms with E-state index in [0.29, 0.717) is 30.3 Å². The Labute approximate surface area is 157 Å². The maximum atomic E-state index is 12.5. The van der Waals surface area contributed by atoms with Gasteiger partial charge in [0.15, 0.2) is 11.5 Å². The number of hydrogen-bond acceptors (Lipinski definition) is 3. The molecule has 0 unspecified atom stereocenters. The first-order valence-electron chi connectivity index (χ1n) is 7.21. The number of halogens is 2. The molecule has 0 fully saturated rings. The highest BCUT2D eigenvalue weighted by molar-refractivity contribution is 14.1. The van der Waals surface area contributed by atoms with Gasteiger partial charge in [0.1, 0.15) is 0 Å². The first-order chi connectivity index (χ1) is 11.0. The number of ether oxygens (including phenoxy) is 2. The molecule has 0 aliphatic rings. The van der Waals surface area contributed by atoms with E-state index in [-0.39, 0.29) is 5.91 Å². The second-order valence-electron chi connectivity index (χ2n) is 4.61. The topological polar surface area (TPSA) is 47.6 Å². The molecule has 0 spiro atoms. The van der Waals surface area contributed by atoms with Crippen molar-refractivity contribution in [3.8, 4) is 11.5 Å². The third-order valence-corrected chi connectivity index (χ3v) is 4.29. The molecule has 2 aromatic carbocycles. The van der Waals surface area contributed by atoms with Gasteiger partial charge in [0.05, 0.1) is 16.8 Å². The maximum Gasteiger partial charge on any atom is 0.255 e. The van der Waals surface area contributed by atoms with Gasteiger partial charge < -0.3 is 14.8 Å². The first kappa shape index (κ1) is 18.1. The Morgan fingerprint density at radius 1 is 1.13 bits per heavy atom. The minimum absolute atomic E-state index is 0.186. The summed E-state index contributed by atoms with van der Waals surface area (Å²) in [4.78, 5) is 12.5. The van der Waals surface area contributed by atoms with Gasteiger partial charge in [0.2, 0.25) is 0 Å². The van der Waals surface area contributed by atoms with E-state index < -0.39 is 0 Å². The molecule has 2 rings (SSSR count). The summed E-state index contributed by atoms with van der Waals surface area (Å²) >= 11 is 5.52. The van der Waals surface area contributed by atoms with Crippen LogP contribution in [0.2, 0.25) is 0 Å². The van der Waals surface area contributed by atoms with Crippen LogP contribution in [0.3, 0.4) is 0 Å². The molecule has 23 heavy (non-hydrogen) atoms. The molecule has 2 aromatic rings. The number of carbonyl (C=O) groups excluding carboxylic acids is 1. The molecule has 0 aliphatic heterocycles. The summed E-state index contributed by atoms with van der Waals surface area (Å²) in [5.41, 5.74) is 1.27. The lowest BCUT2D eigenvalue weighted by Crippen LogP contribution is -2.13. The van der Waals surface area contributed by atoms with Crippen LogP contribution in [0.25, 0.3) is 0 Å². The van der Waals surface area contributed by atoms with Crippen LogP contribution in [0.4, 0.5) is 5.69 Å². The van der Waals surface area contributed by atoms with Gasteiger partial charge >= 0.3 is 0 Å². The fourth-order valence-electron chi connectivity index (χ4n) is 1.98. The molecular weight excluding hydrogens is 473 g/mol. The predicted molar refractivity (Wildman–Crippen MR) is 104 cm³/mol. The van der Waals surface area contributed by atoms with E-state index in [1.165, 1.54) is 0 Å². The zero-order valence-electron chi connectivity index (χ0n) is 12.9. The first-order valence-corrected chi connectivity index (χ1v) is 9.08. The van der Waals surface area contributed by atoms with E-state index in [4.69, 9.17) is 9.47 Å². The minimum Gasteiger partial charge on any atom is -0.490 e. The molecule has 0 atom stereocenters. The number of carbonyl (C=O) groups is 1. The minimum atomic E-state index is -0.186. The highest BCUT2D eigenvalue weighted by Gasteiger charge is 2.16. The summed E-state index contributed by atoms with van der Waals surface area (Å²) in [6.45, 7) is 4.87. The van der Waals surface area contributed by atoms with Crippen LogP contribution in [-0.4, -0.2) is 19.1 Å². The van der Waals surface area contributed by atoms with E-state index in [0.717, 1.165) is 13.7 Å². The van der Waals surface area contributed by atoms with Gasteiger partial charge in [0, 0.05) is 15.7 Å². The highest BCUT2D eigenvalue weighted by atomic mass is 127. The zero-order chi connectivity index (χ0) is 16.8. The van der Waals surface area contributed by atoms with Crippen LogP contribution >= 0.6 is 38.5 Å². The fourth-order valence-corrected chi connectivity index (χ4v) is 3.00. The summed E-state index contributed by atoms with van der Waals surface area (Å²) < 4.78 is 13.0. The van der Waals surface area contributed by atoms with Crippen molar-refractivity contribution in [1.29, 1.82) is 0 Å². The molecule has 4 nitrogen and oxygen atoms in total. The Morgan fingerprint density at radius 2 is 1.78 bits per heavy atom. The third kappa shape index (κ3) is 4.84. The van der Waals surface area contributed by atoms with Crippen molar-refractivity contribution in [3.63, 3.8) is 0 Å². The van der Waals surface area contributed by atoms with Gasteiger partial charge in [-0.05, 0) is 72.8 Å². The molecule has 0 bridgehead atoms. The van der Waals surface area contributed by atoms with Gasteiger partial charge in [-0.2, -0.15) is 0 Å². The average molecular weight is 490 g/mol. The maximum absolute atomic E-state index is 12.5. The van der Waals surface area contributed by atoms with Crippen molar-refractivity contribution < 1.29 is 14.3 Å². The molecule has 0 aromatic heterocycles. The Balaban J connectivity index is 2.27. The van der Waals surface area contributed by atoms with Crippen LogP contribution in [0.15, 0.2) is 40.9 Å². The van der Waals surface area contributed by atoms with E-state index in [9.17, 15) is 4.79 Å². The van der Waals surface area contributed by atoms with Gasteiger partial charge in [-0.1, -0.05) is 15.9 Å². The van der Waals surface area contributed by atoms with Gasteiger partial charge in [0.25, 0.3) is 5.91 Å². The molecule has 0 radical (unpaired) electrons. The fraction of sp³-hybridized carbons (Fsp3) is 0.235. The summed E-state index contributed by atoms with van der Waals surface area (Å²) in [6.07, 6.45) is 0. The summed E-state index contributed by atoms with van der Waals surface area (Å²) in [6, 6.07) is 10.9. The standard InChI is InChI=1S/C17H17BrINO3/c1-3-22-15-10-11(9-14(19)16(15)23-4-2)17(21)20-13-7-5-12(18)6-8-13/h5-10H,3-4H2,1-2H3,(H,20,21).